The monoisotopic (exact) mass is 511 g/mol. The first kappa shape index (κ1) is 26.9. The van der Waals surface area contributed by atoms with Gasteiger partial charge in [-0.15, -0.1) is 0 Å². The summed E-state index contributed by atoms with van der Waals surface area (Å²) in [6.45, 7) is 7.50. The molecule has 0 radical (unpaired) electrons. The van der Waals surface area contributed by atoms with Crippen molar-refractivity contribution >= 4 is 17.7 Å². The molecule has 1 unspecified atom stereocenters. The topological polar surface area (TPSA) is 82.1 Å². The lowest BCUT2D eigenvalue weighted by Gasteiger charge is -2.46. The Morgan fingerprint density at radius 2 is 1.76 bits per heavy atom. The number of benzene rings is 2. The van der Waals surface area contributed by atoms with Crippen LogP contribution in [0.4, 0.5) is 14.9 Å². The molecule has 8 heteroatoms. The number of halogens is 1. The number of hydrogen-bond donors (Lipinski definition) is 2. The van der Waals surface area contributed by atoms with Crippen LogP contribution in [0.1, 0.15) is 58.4 Å². The molecule has 1 atom stereocenters. The van der Waals surface area contributed by atoms with Gasteiger partial charge in [0.1, 0.15) is 17.0 Å². The third kappa shape index (κ3) is 6.42. The van der Waals surface area contributed by atoms with Crippen molar-refractivity contribution in [2.75, 3.05) is 31.1 Å². The molecule has 4 rings (SSSR count). The number of amides is 2. The summed E-state index contributed by atoms with van der Waals surface area (Å²) in [4.78, 5) is 30.8. The van der Waals surface area contributed by atoms with Gasteiger partial charge < -0.3 is 25.0 Å². The summed E-state index contributed by atoms with van der Waals surface area (Å²) in [5, 5.41) is 13.2. The molecule has 0 bridgehead atoms. The Morgan fingerprint density at radius 3 is 2.43 bits per heavy atom. The van der Waals surface area contributed by atoms with Crippen molar-refractivity contribution in [2.24, 2.45) is 0 Å². The summed E-state index contributed by atoms with van der Waals surface area (Å²) >= 11 is 0. The Kier molecular flexibility index (Phi) is 8.07. The number of aliphatic hydroxyl groups is 1. The number of aliphatic hydroxyl groups excluding tert-OH is 1. The first-order valence-electron chi connectivity index (χ1n) is 13.2. The van der Waals surface area contributed by atoms with Crippen LogP contribution in [0.5, 0.6) is 0 Å². The molecule has 0 aromatic heterocycles. The number of piperidine rings is 2. The summed E-state index contributed by atoms with van der Waals surface area (Å²) in [5.74, 6) is -0.401. The number of carbonyl (C=O) groups is 2. The third-order valence-electron chi connectivity index (χ3n) is 7.03. The van der Waals surface area contributed by atoms with Gasteiger partial charge in [0, 0.05) is 30.9 Å². The van der Waals surface area contributed by atoms with Crippen molar-refractivity contribution in [1.29, 1.82) is 0 Å². The minimum absolute atomic E-state index is 0.0790. The standard InChI is InChI=1S/C29H38FN3O4/c1-28(2,3)37-27(36)31-29(26(35)32-14-5-4-6-15-32)13-8-16-33(20-29)25-12-11-22(17-23(25)19-34)21-9-7-10-24(30)18-21/h7,9-12,17-18,34H,4-6,8,13-16,19-20H2,1-3H3,(H,31,36). The first-order valence-corrected chi connectivity index (χ1v) is 13.2. The largest absolute Gasteiger partial charge is 0.444 e. The molecular formula is C29H38FN3O4. The van der Waals surface area contributed by atoms with Crippen LogP contribution in [0.15, 0.2) is 42.5 Å². The molecule has 0 aliphatic carbocycles. The minimum atomic E-state index is -1.13. The van der Waals surface area contributed by atoms with E-state index >= 15 is 0 Å². The van der Waals surface area contributed by atoms with Crippen molar-refractivity contribution in [3.63, 3.8) is 0 Å². The van der Waals surface area contributed by atoms with Gasteiger partial charge in [0.15, 0.2) is 0 Å². The summed E-state index contributed by atoms with van der Waals surface area (Å²) in [6, 6.07) is 12.0. The molecule has 2 saturated heterocycles. The molecule has 7 nitrogen and oxygen atoms in total. The number of alkyl carbamates (subject to hydrolysis) is 1. The molecular weight excluding hydrogens is 473 g/mol. The molecule has 2 aliphatic heterocycles. The zero-order chi connectivity index (χ0) is 26.6. The second-order valence-corrected chi connectivity index (χ2v) is 11.1. The normalized spacial score (nSPS) is 20.5. The van der Waals surface area contributed by atoms with Gasteiger partial charge in [0.25, 0.3) is 0 Å². The number of likely N-dealkylation sites (tertiary alicyclic amines) is 1. The lowest BCUT2D eigenvalue weighted by molar-refractivity contribution is -0.139. The Balaban J connectivity index is 1.65. The summed E-state index contributed by atoms with van der Waals surface area (Å²) in [7, 11) is 0. The van der Waals surface area contributed by atoms with Gasteiger partial charge >= 0.3 is 6.09 Å². The fraction of sp³-hybridized carbons (Fsp3) is 0.517. The SMILES string of the molecule is CC(C)(C)OC(=O)NC1(C(=O)N2CCCCC2)CCCN(c2ccc(-c3cccc(F)c3)cc2CO)C1. The average Bonchev–Trinajstić information content (AvgIpc) is 2.87. The maximum absolute atomic E-state index is 13.9. The van der Waals surface area contributed by atoms with Crippen LogP contribution in [0, 0.1) is 5.82 Å². The Hall–Kier alpha value is -3.13. The minimum Gasteiger partial charge on any atom is -0.444 e. The molecule has 200 valence electrons. The Labute approximate surface area is 218 Å². The zero-order valence-corrected chi connectivity index (χ0v) is 22.1. The number of ether oxygens (including phenoxy) is 1. The van der Waals surface area contributed by atoms with Crippen molar-refractivity contribution in [1.82, 2.24) is 10.2 Å². The van der Waals surface area contributed by atoms with Crippen molar-refractivity contribution in [2.45, 2.75) is 70.6 Å². The van der Waals surface area contributed by atoms with Crippen LogP contribution in [0.2, 0.25) is 0 Å². The number of nitrogens with zero attached hydrogens (tertiary/aromatic N) is 2. The van der Waals surface area contributed by atoms with E-state index in [4.69, 9.17) is 4.74 Å². The van der Waals surface area contributed by atoms with E-state index in [1.165, 1.54) is 12.1 Å². The molecule has 2 aromatic carbocycles. The molecule has 0 saturated carbocycles. The lowest BCUT2D eigenvalue weighted by atomic mass is 9.86. The highest BCUT2D eigenvalue weighted by Gasteiger charge is 2.47. The van der Waals surface area contributed by atoms with E-state index in [1.807, 2.05) is 29.2 Å². The fourth-order valence-electron chi connectivity index (χ4n) is 5.36. The highest BCUT2D eigenvalue weighted by Crippen LogP contribution is 2.33. The highest BCUT2D eigenvalue weighted by molar-refractivity contribution is 5.91. The lowest BCUT2D eigenvalue weighted by Crippen LogP contribution is -2.67. The fourth-order valence-corrected chi connectivity index (χ4v) is 5.36. The second-order valence-electron chi connectivity index (χ2n) is 11.1. The van der Waals surface area contributed by atoms with Crippen molar-refractivity contribution in [3.8, 4) is 11.1 Å². The van der Waals surface area contributed by atoms with Gasteiger partial charge in [-0.1, -0.05) is 18.2 Å². The molecule has 37 heavy (non-hydrogen) atoms. The van der Waals surface area contributed by atoms with Gasteiger partial charge in [-0.3, -0.25) is 4.79 Å². The summed E-state index contributed by atoms with van der Waals surface area (Å²) < 4.78 is 19.3. The van der Waals surface area contributed by atoms with Gasteiger partial charge in [-0.05, 0) is 88.3 Å². The maximum Gasteiger partial charge on any atom is 0.408 e. The van der Waals surface area contributed by atoms with Crippen LogP contribution >= 0.6 is 0 Å². The molecule has 2 fully saturated rings. The van der Waals surface area contributed by atoms with Crippen LogP contribution in [0.3, 0.4) is 0 Å². The summed E-state index contributed by atoms with van der Waals surface area (Å²) in [6.07, 6.45) is 3.59. The number of carbonyl (C=O) groups excluding carboxylic acids is 2. The van der Waals surface area contributed by atoms with E-state index in [9.17, 15) is 19.1 Å². The number of hydrogen-bond acceptors (Lipinski definition) is 5. The van der Waals surface area contributed by atoms with Crippen molar-refractivity contribution in [3.05, 3.63) is 53.8 Å². The van der Waals surface area contributed by atoms with Gasteiger partial charge in [0.05, 0.1) is 13.2 Å². The van der Waals surface area contributed by atoms with Crippen LogP contribution in [0.25, 0.3) is 11.1 Å². The second kappa shape index (κ2) is 11.1. The predicted octanol–water partition coefficient (Wildman–Crippen LogP) is 4.86. The first-order chi connectivity index (χ1) is 17.6. The average molecular weight is 512 g/mol. The Bertz CT molecular complexity index is 1130. The van der Waals surface area contributed by atoms with Gasteiger partial charge in [-0.2, -0.15) is 0 Å². The quantitative estimate of drug-likeness (QED) is 0.599. The third-order valence-corrected chi connectivity index (χ3v) is 7.03. The molecule has 0 spiro atoms. The molecule has 2 N–H and O–H groups in total. The van der Waals surface area contributed by atoms with Gasteiger partial charge in [0.2, 0.25) is 5.91 Å². The van der Waals surface area contributed by atoms with Crippen LogP contribution in [-0.2, 0) is 16.1 Å². The van der Waals surface area contributed by atoms with Crippen molar-refractivity contribution < 1.29 is 23.8 Å². The van der Waals surface area contributed by atoms with E-state index in [0.29, 0.717) is 38.0 Å². The van der Waals surface area contributed by atoms with Gasteiger partial charge in [-0.25, -0.2) is 9.18 Å². The van der Waals surface area contributed by atoms with E-state index in [-0.39, 0.29) is 24.9 Å². The zero-order valence-electron chi connectivity index (χ0n) is 22.1. The predicted molar refractivity (Wildman–Crippen MR) is 142 cm³/mol. The molecule has 2 aromatic rings. The summed E-state index contributed by atoms with van der Waals surface area (Å²) in [5.41, 5.74) is 1.17. The molecule has 2 aliphatic rings. The van der Waals surface area contributed by atoms with Crippen LogP contribution < -0.4 is 10.2 Å². The number of nitrogens with one attached hydrogen (secondary N) is 1. The van der Waals surface area contributed by atoms with E-state index in [0.717, 1.165) is 36.1 Å². The van der Waals surface area contributed by atoms with E-state index in [1.54, 1.807) is 26.8 Å². The van der Waals surface area contributed by atoms with E-state index in [2.05, 4.69) is 10.2 Å². The number of anilines is 1. The van der Waals surface area contributed by atoms with E-state index < -0.39 is 17.2 Å². The highest BCUT2D eigenvalue weighted by atomic mass is 19.1. The molecule has 2 heterocycles. The number of rotatable bonds is 5. The maximum atomic E-state index is 13.9. The Morgan fingerprint density at radius 1 is 1.03 bits per heavy atom. The molecule has 2 amide bonds. The smallest absolute Gasteiger partial charge is 0.408 e. The van der Waals surface area contributed by atoms with Crippen LogP contribution in [-0.4, -0.2) is 59.3 Å².